The zero-order chi connectivity index (χ0) is 13.8. The highest BCUT2D eigenvalue weighted by Gasteiger charge is 2.09. The summed E-state index contributed by atoms with van der Waals surface area (Å²) in [7, 11) is 0. The van der Waals surface area contributed by atoms with Gasteiger partial charge in [0.05, 0.1) is 24.2 Å². The molecule has 102 valence electrons. The first kappa shape index (κ1) is 12.7. The van der Waals surface area contributed by atoms with E-state index in [0.29, 0.717) is 6.54 Å². The van der Waals surface area contributed by atoms with Crippen LogP contribution in [0.4, 0.5) is 5.95 Å². The monoisotopic (exact) mass is 267 g/mol. The third-order valence-electron chi connectivity index (χ3n) is 3.23. The molecule has 0 saturated heterocycles. The molecular formula is C16H17N3O. The minimum absolute atomic E-state index is 0.0918. The number of aromatic nitrogens is 2. The van der Waals surface area contributed by atoms with Crippen molar-refractivity contribution in [3.63, 3.8) is 0 Å². The van der Waals surface area contributed by atoms with Crippen molar-refractivity contribution in [1.82, 2.24) is 9.55 Å². The molecule has 4 heteroatoms. The number of aliphatic hydroxyl groups is 1. The average molecular weight is 267 g/mol. The molecule has 0 amide bonds. The first-order valence-corrected chi connectivity index (χ1v) is 6.72. The molecule has 20 heavy (non-hydrogen) atoms. The standard InChI is InChI=1S/C16H17N3O/c20-11-10-17-16-18-14-8-4-5-9-15(14)19(16)12-13-6-2-1-3-7-13/h1-9,20H,10-12H2,(H,17,18). The highest BCUT2D eigenvalue weighted by Crippen LogP contribution is 2.20. The number of nitrogens with zero attached hydrogens (tertiary/aromatic N) is 2. The van der Waals surface area contributed by atoms with Gasteiger partial charge in [-0.1, -0.05) is 42.5 Å². The van der Waals surface area contributed by atoms with Gasteiger partial charge in [-0.25, -0.2) is 4.98 Å². The van der Waals surface area contributed by atoms with Crippen molar-refractivity contribution in [2.24, 2.45) is 0 Å². The number of hydrogen-bond donors (Lipinski definition) is 2. The van der Waals surface area contributed by atoms with Crippen LogP contribution in [0.1, 0.15) is 5.56 Å². The summed E-state index contributed by atoms with van der Waals surface area (Å²) >= 11 is 0. The fraction of sp³-hybridized carbons (Fsp3) is 0.188. The predicted molar refractivity (Wildman–Crippen MR) is 80.9 cm³/mol. The molecule has 3 aromatic rings. The van der Waals surface area contributed by atoms with Crippen LogP contribution in [0.3, 0.4) is 0 Å². The first-order chi connectivity index (χ1) is 9.88. The first-order valence-electron chi connectivity index (χ1n) is 6.72. The van der Waals surface area contributed by atoms with E-state index in [1.807, 2.05) is 36.4 Å². The van der Waals surface area contributed by atoms with Crippen LogP contribution < -0.4 is 5.32 Å². The van der Waals surface area contributed by atoms with E-state index in [4.69, 9.17) is 5.11 Å². The van der Waals surface area contributed by atoms with Crippen LogP contribution in [0.2, 0.25) is 0 Å². The van der Waals surface area contributed by atoms with Crippen LogP contribution in [0.15, 0.2) is 54.6 Å². The van der Waals surface area contributed by atoms with E-state index in [9.17, 15) is 0 Å². The predicted octanol–water partition coefficient (Wildman–Crippen LogP) is 2.49. The molecule has 0 bridgehead atoms. The molecule has 0 radical (unpaired) electrons. The molecule has 0 aliphatic rings. The summed E-state index contributed by atoms with van der Waals surface area (Å²) in [5, 5.41) is 12.2. The van der Waals surface area contributed by atoms with Crippen molar-refractivity contribution in [2.45, 2.75) is 6.54 Å². The van der Waals surface area contributed by atoms with Crippen molar-refractivity contribution in [2.75, 3.05) is 18.5 Å². The quantitative estimate of drug-likeness (QED) is 0.746. The smallest absolute Gasteiger partial charge is 0.204 e. The molecule has 0 aliphatic heterocycles. The van der Waals surface area contributed by atoms with Crippen molar-refractivity contribution >= 4 is 17.0 Å². The Balaban J connectivity index is 2.01. The second kappa shape index (κ2) is 5.75. The van der Waals surface area contributed by atoms with E-state index in [0.717, 1.165) is 23.5 Å². The Kier molecular flexibility index (Phi) is 3.65. The molecular weight excluding hydrogens is 250 g/mol. The summed E-state index contributed by atoms with van der Waals surface area (Å²) in [4.78, 5) is 4.59. The molecule has 0 fully saturated rings. The molecule has 4 nitrogen and oxygen atoms in total. The van der Waals surface area contributed by atoms with Gasteiger partial charge in [-0.2, -0.15) is 0 Å². The molecule has 0 atom stereocenters. The summed E-state index contributed by atoms with van der Waals surface area (Å²) in [6, 6.07) is 18.4. The lowest BCUT2D eigenvalue weighted by atomic mass is 10.2. The molecule has 0 saturated carbocycles. The van der Waals surface area contributed by atoms with E-state index in [1.165, 1.54) is 5.56 Å². The van der Waals surface area contributed by atoms with Crippen LogP contribution in [0.25, 0.3) is 11.0 Å². The van der Waals surface area contributed by atoms with Gasteiger partial charge in [0.15, 0.2) is 0 Å². The molecule has 0 spiro atoms. The SMILES string of the molecule is OCCNc1nc2ccccc2n1Cc1ccccc1. The number of anilines is 1. The van der Waals surface area contributed by atoms with E-state index in [-0.39, 0.29) is 6.61 Å². The second-order valence-corrected chi connectivity index (χ2v) is 4.65. The van der Waals surface area contributed by atoms with Gasteiger partial charge in [0.2, 0.25) is 5.95 Å². The summed E-state index contributed by atoms with van der Waals surface area (Å²) in [6.45, 7) is 1.35. The molecule has 0 aliphatic carbocycles. The van der Waals surface area contributed by atoms with Crippen LogP contribution in [0.5, 0.6) is 0 Å². The topological polar surface area (TPSA) is 50.1 Å². The van der Waals surface area contributed by atoms with Gasteiger partial charge >= 0.3 is 0 Å². The fourth-order valence-corrected chi connectivity index (χ4v) is 2.30. The summed E-state index contributed by atoms with van der Waals surface area (Å²) < 4.78 is 2.14. The zero-order valence-electron chi connectivity index (χ0n) is 11.2. The Labute approximate surface area is 117 Å². The largest absolute Gasteiger partial charge is 0.395 e. The number of aliphatic hydroxyl groups excluding tert-OH is 1. The van der Waals surface area contributed by atoms with Gasteiger partial charge in [-0.15, -0.1) is 0 Å². The number of hydrogen-bond acceptors (Lipinski definition) is 3. The lowest BCUT2D eigenvalue weighted by molar-refractivity contribution is 0.310. The van der Waals surface area contributed by atoms with Crippen molar-refractivity contribution < 1.29 is 5.11 Å². The molecule has 3 rings (SSSR count). The number of rotatable bonds is 5. The Morgan fingerprint density at radius 3 is 2.55 bits per heavy atom. The fourth-order valence-electron chi connectivity index (χ4n) is 2.30. The average Bonchev–Trinajstić information content (AvgIpc) is 2.84. The zero-order valence-corrected chi connectivity index (χ0v) is 11.2. The van der Waals surface area contributed by atoms with E-state index >= 15 is 0 Å². The number of fused-ring (bicyclic) bond motifs is 1. The van der Waals surface area contributed by atoms with Crippen LogP contribution in [-0.4, -0.2) is 27.8 Å². The van der Waals surface area contributed by atoms with Gasteiger partial charge in [0, 0.05) is 6.54 Å². The van der Waals surface area contributed by atoms with Crippen molar-refractivity contribution in [3.8, 4) is 0 Å². The van der Waals surface area contributed by atoms with Gasteiger partial charge in [-0.05, 0) is 17.7 Å². The molecule has 0 unspecified atom stereocenters. The van der Waals surface area contributed by atoms with Gasteiger partial charge < -0.3 is 15.0 Å². The lowest BCUT2D eigenvalue weighted by Crippen LogP contribution is -2.12. The Morgan fingerprint density at radius 1 is 1.00 bits per heavy atom. The van der Waals surface area contributed by atoms with E-state index in [1.54, 1.807) is 0 Å². The summed E-state index contributed by atoms with van der Waals surface area (Å²) in [5.74, 6) is 0.795. The molecule has 1 heterocycles. The molecule has 1 aromatic heterocycles. The number of imidazole rings is 1. The minimum atomic E-state index is 0.0918. The maximum Gasteiger partial charge on any atom is 0.204 e. The Bertz CT molecular complexity index is 691. The van der Waals surface area contributed by atoms with E-state index in [2.05, 4.69) is 33.1 Å². The Morgan fingerprint density at radius 2 is 1.75 bits per heavy atom. The third-order valence-corrected chi connectivity index (χ3v) is 3.23. The summed E-state index contributed by atoms with van der Waals surface area (Å²) in [6.07, 6.45) is 0. The molecule has 2 N–H and O–H groups in total. The minimum Gasteiger partial charge on any atom is -0.395 e. The number of benzene rings is 2. The highest BCUT2D eigenvalue weighted by atomic mass is 16.3. The molecule has 2 aromatic carbocycles. The van der Waals surface area contributed by atoms with Gasteiger partial charge in [-0.3, -0.25) is 0 Å². The maximum absolute atomic E-state index is 8.98. The van der Waals surface area contributed by atoms with Gasteiger partial charge in [0.1, 0.15) is 0 Å². The van der Waals surface area contributed by atoms with Gasteiger partial charge in [0.25, 0.3) is 0 Å². The maximum atomic E-state index is 8.98. The van der Waals surface area contributed by atoms with Crippen LogP contribution in [-0.2, 0) is 6.54 Å². The lowest BCUT2D eigenvalue weighted by Gasteiger charge is -2.10. The van der Waals surface area contributed by atoms with Crippen LogP contribution in [0, 0.1) is 0 Å². The second-order valence-electron chi connectivity index (χ2n) is 4.65. The van der Waals surface area contributed by atoms with Crippen molar-refractivity contribution in [1.29, 1.82) is 0 Å². The van der Waals surface area contributed by atoms with Crippen LogP contribution >= 0.6 is 0 Å². The highest BCUT2D eigenvalue weighted by molar-refractivity contribution is 5.78. The normalized spacial score (nSPS) is 10.8. The van der Waals surface area contributed by atoms with E-state index < -0.39 is 0 Å². The Hall–Kier alpha value is -2.33. The third kappa shape index (κ3) is 2.51. The van der Waals surface area contributed by atoms with Crippen molar-refractivity contribution in [3.05, 3.63) is 60.2 Å². The number of nitrogens with one attached hydrogen (secondary N) is 1. The summed E-state index contributed by atoms with van der Waals surface area (Å²) in [5.41, 5.74) is 3.28. The number of para-hydroxylation sites is 2.